The molecule has 108 valence electrons. The molecule has 0 aromatic carbocycles. The number of aromatic nitrogens is 2. The number of alkyl halides is 3. The molecule has 4 nitrogen and oxygen atoms in total. The largest absolute Gasteiger partial charge is 0.391 e. The molecule has 0 fully saturated rings. The summed E-state index contributed by atoms with van der Waals surface area (Å²) in [5.74, 6) is 1.05. The summed E-state index contributed by atoms with van der Waals surface area (Å²) in [7, 11) is 0. The van der Waals surface area contributed by atoms with Crippen molar-refractivity contribution in [3.63, 3.8) is 0 Å². The highest BCUT2D eigenvalue weighted by molar-refractivity contribution is 5.45. The van der Waals surface area contributed by atoms with E-state index in [-0.39, 0.29) is 11.2 Å². The highest BCUT2D eigenvalue weighted by atomic mass is 19.4. The van der Waals surface area contributed by atoms with Crippen LogP contribution in [0, 0.1) is 0 Å². The minimum atomic E-state index is -4.21. The van der Waals surface area contributed by atoms with Crippen LogP contribution in [0.2, 0.25) is 0 Å². The predicted molar refractivity (Wildman–Crippen MR) is 68.9 cm³/mol. The molecule has 0 aliphatic heterocycles. The maximum atomic E-state index is 12.3. The quantitative estimate of drug-likeness (QED) is 0.890. The fourth-order valence-electron chi connectivity index (χ4n) is 1.53. The van der Waals surface area contributed by atoms with E-state index < -0.39 is 18.6 Å². The first-order chi connectivity index (χ1) is 8.47. The van der Waals surface area contributed by atoms with Gasteiger partial charge in [-0.1, -0.05) is 20.8 Å². The van der Waals surface area contributed by atoms with Crippen LogP contribution in [0.4, 0.5) is 24.8 Å². The van der Waals surface area contributed by atoms with Crippen LogP contribution < -0.4 is 11.1 Å². The molecule has 0 aliphatic rings. The Morgan fingerprint density at radius 3 is 2.32 bits per heavy atom. The third-order valence-corrected chi connectivity index (χ3v) is 2.35. The van der Waals surface area contributed by atoms with Gasteiger partial charge in [-0.25, -0.2) is 9.97 Å². The van der Waals surface area contributed by atoms with Crippen molar-refractivity contribution in [2.75, 3.05) is 11.1 Å². The average Bonchev–Trinajstić information content (AvgIpc) is 2.11. The van der Waals surface area contributed by atoms with E-state index >= 15 is 0 Å². The molecule has 1 aromatic heterocycles. The van der Waals surface area contributed by atoms with Crippen LogP contribution in [0.5, 0.6) is 0 Å². The fraction of sp³-hybridized carbons (Fsp3) is 0.667. The molecular weight excluding hydrogens is 257 g/mol. The number of nitrogens with zero attached hydrogens (tertiary/aromatic N) is 2. The van der Waals surface area contributed by atoms with Crippen LogP contribution in [0.25, 0.3) is 0 Å². The first-order valence-electron chi connectivity index (χ1n) is 5.96. The molecule has 19 heavy (non-hydrogen) atoms. The molecule has 1 aromatic rings. The second kappa shape index (κ2) is 5.22. The first-order valence-corrected chi connectivity index (χ1v) is 5.96. The molecule has 1 heterocycles. The molecule has 0 aliphatic carbocycles. The summed E-state index contributed by atoms with van der Waals surface area (Å²) in [5, 5.41) is 2.70. The minimum absolute atomic E-state index is 0.238. The second-order valence-corrected chi connectivity index (χ2v) is 5.62. The van der Waals surface area contributed by atoms with Gasteiger partial charge in [-0.3, -0.25) is 0 Å². The second-order valence-electron chi connectivity index (χ2n) is 5.62. The van der Waals surface area contributed by atoms with E-state index in [2.05, 4.69) is 15.3 Å². The van der Waals surface area contributed by atoms with E-state index in [1.54, 1.807) is 0 Å². The van der Waals surface area contributed by atoms with Crippen molar-refractivity contribution in [3.05, 3.63) is 11.9 Å². The summed E-state index contributed by atoms with van der Waals surface area (Å²) in [4.78, 5) is 8.30. The van der Waals surface area contributed by atoms with E-state index in [1.165, 1.54) is 13.0 Å². The Morgan fingerprint density at radius 1 is 1.26 bits per heavy atom. The van der Waals surface area contributed by atoms with Crippen molar-refractivity contribution in [3.8, 4) is 0 Å². The molecule has 7 heteroatoms. The Balaban J connectivity index is 2.87. The van der Waals surface area contributed by atoms with Crippen molar-refractivity contribution in [2.45, 2.75) is 51.7 Å². The van der Waals surface area contributed by atoms with Gasteiger partial charge >= 0.3 is 6.18 Å². The van der Waals surface area contributed by atoms with Crippen LogP contribution in [0.3, 0.4) is 0 Å². The van der Waals surface area contributed by atoms with Gasteiger partial charge in [0.05, 0.1) is 6.42 Å². The summed E-state index contributed by atoms with van der Waals surface area (Å²) in [6.45, 7) is 7.17. The third kappa shape index (κ3) is 5.32. The normalized spacial score (nSPS) is 14.3. The number of nitrogen functional groups attached to an aromatic ring is 1. The first kappa shape index (κ1) is 15.5. The van der Waals surface area contributed by atoms with Gasteiger partial charge in [0, 0.05) is 17.5 Å². The number of hydrogen-bond acceptors (Lipinski definition) is 4. The molecule has 0 saturated heterocycles. The van der Waals surface area contributed by atoms with Gasteiger partial charge in [0.1, 0.15) is 17.5 Å². The Morgan fingerprint density at radius 2 is 1.84 bits per heavy atom. The smallest absolute Gasteiger partial charge is 0.384 e. The Kier molecular flexibility index (Phi) is 4.27. The van der Waals surface area contributed by atoms with Crippen molar-refractivity contribution in [1.82, 2.24) is 9.97 Å². The number of anilines is 2. The third-order valence-electron chi connectivity index (χ3n) is 2.35. The minimum Gasteiger partial charge on any atom is -0.384 e. The lowest BCUT2D eigenvalue weighted by molar-refractivity contribution is -0.136. The maximum absolute atomic E-state index is 12.3. The number of halogens is 3. The monoisotopic (exact) mass is 276 g/mol. The molecule has 0 radical (unpaired) electrons. The maximum Gasteiger partial charge on any atom is 0.391 e. The molecule has 0 bridgehead atoms. The van der Waals surface area contributed by atoms with Crippen LogP contribution in [0.15, 0.2) is 6.07 Å². The fourth-order valence-corrected chi connectivity index (χ4v) is 1.53. The highest BCUT2D eigenvalue weighted by Crippen LogP contribution is 2.25. The number of nitrogens with one attached hydrogen (secondary N) is 1. The molecule has 1 unspecified atom stereocenters. The predicted octanol–water partition coefficient (Wildman–Crippen LogP) is 3.11. The van der Waals surface area contributed by atoms with E-state index in [0.29, 0.717) is 11.6 Å². The van der Waals surface area contributed by atoms with Crippen molar-refractivity contribution in [1.29, 1.82) is 0 Å². The standard InChI is InChI=1S/C12H19F3N4/c1-7(6-12(13,14)15)17-9-5-8(16)18-10(19-9)11(2,3)4/h5,7H,6H2,1-4H3,(H3,16,17,18,19). The summed E-state index contributed by atoms with van der Waals surface area (Å²) < 4.78 is 36.8. The lowest BCUT2D eigenvalue weighted by atomic mass is 9.96. The molecular formula is C12H19F3N4. The zero-order valence-electron chi connectivity index (χ0n) is 11.5. The molecule has 0 spiro atoms. The van der Waals surface area contributed by atoms with Gasteiger partial charge in [0.2, 0.25) is 0 Å². The zero-order valence-corrected chi connectivity index (χ0v) is 11.5. The molecule has 1 atom stereocenters. The molecule has 0 amide bonds. The van der Waals surface area contributed by atoms with E-state index in [4.69, 9.17) is 5.73 Å². The van der Waals surface area contributed by atoms with Crippen LogP contribution in [-0.2, 0) is 5.41 Å². The van der Waals surface area contributed by atoms with Crippen LogP contribution in [0.1, 0.15) is 39.9 Å². The van der Waals surface area contributed by atoms with Crippen LogP contribution in [-0.4, -0.2) is 22.2 Å². The lowest BCUT2D eigenvalue weighted by Gasteiger charge is -2.20. The van der Waals surface area contributed by atoms with Crippen molar-refractivity contribution < 1.29 is 13.2 Å². The van der Waals surface area contributed by atoms with Gasteiger partial charge in [0.15, 0.2) is 0 Å². The topological polar surface area (TPSA) is 63.8 Å². The van der Waals surface area contributed by atoms with Gasteiger partial charge in [-0.2, -0.15) is 13.2 Å². The number of nitrogens with two attached hydrogens (primary N) is 1. The van der Waals surface area contributed by atoms with E-state index in [0.717, 1.165) is 0 Å². The average molecular weight is 276 g/mol. The Bertz CT molecular complexity index is 438. The Labute approximate surface area is 110 Å². The molecule has 0 saturated carbocycles. The Hall–Kier alpha value is -1.53. The van der Waals surface area contributed by atoms with E-state index in [1.807, 2.05) is 20.8 Å². The summed E-state index contributed by atoms with van der Waals surface area (Å²) >= 11 is 0. The summed E-state index contributed by atoms with van der Waals surface area (Å²) in [6.07, 6.45) is -5.14. The summed E-state index contributed by atoms with van der Waals surface area (Å²) in [5.41, 5.74) is 5.33. The molecule has 3 N–H and O–H groups in total. The van der Waals surface area contributed by atoms with Crippen molar-refractivity contribution in [2.24, 2.45) is 0 Å². The van der Waals surface area contributed by atoms with Gasteiger partial charge < -0.3 is 11.1 Å². The number of rotatable bonds is 3. The lowest BCUT2D eigenvalue weighted by Crippen LogP contribution is -2.25. The van der Waals surface area contributed by atoms with Crippen molar-refractivity contribution >= 4 is 11.6 Å². The summed E-state index contributed by atoms with van der Waals surface area (Å²) in [6, 6.07) is 0.657. The zero-order chi connectivity index (χ0) is 14.8. The van der Waals surface area contributed by atoms with Gasteiger partial charge in [0.25, 0.3) is 0 Å². The van der Waals surface area contributed by atoms with E-state index in [9.17, 15) is 13.2 Å². The SMILES string of the molecule is CC(CC(F)(F)F)Nc1cc(N)nc(C(C)(C)C)n1. The highest BCUT2D eigenvalue weighted by Gasteiger charge is 2.30. The van der Waals surface area contributed by atoms with Crippen LogP contribution >= 0.6 is 0 Å². The molecule has 1 rings (SSSR count). The van der Waals surface area contributed by atoms with Gasteiger partial charge in [-0.05, 0) is 6.92 Å². The number of hydrogen-bond donors (Lipinski definition) is 2. The van der Waals surface area contributed by atoms with Gasteiger partial charge in [-0.15, -0.1) is 0 Å².